The SMILES string of the molecule is O=C(NCCCS(=O)(=O)c1ccccc1)C1CC(=O)N(c2ccc(F)cc2F)C1. The zero-order chi connectivity index (χ0) is 21.0. The van der Waals surface area contributed by atoms with Gasteiger partial charge in [0.05, 0.1) is 22.3 Å². The molecule has 0 saturated carbocycles. The molecule has 0 radical (unpaired) electrons. The van der Waals surface area contributed by atoms with E-state index >= 15 is 0 Å². The molecule has 1 fully saturated rings. The molecule has 1 aliphatic heterocycles. The zero-order valence-electron chi connectivity index (χ0n) is 15.5. The van der Waals surface area contributed by atoms with Crippen LogP contribution in [0.15, 0.2) is 53.4 Å². The molecule has 154 valence electrons. The molecule has 1 heterocycles. The van der Waals surface area contributed by atoms with E-state index < -0.39 is 39.2 Å². The van der Waals surface area contributed by atoms with Crippen LogP contribution in [0.5, 0.6) is 0 Å². The molecule has 0 aliphatic carbocycles. The highest BCUT2D eigenvalue weighted by Crippen LogP contribution is 2.28. The summed E-state index contributed by atoms with van der Waals surface area (Å²) in [5.41, 5.74) is -0.0688. The van der Waals surface area contributed by atoms with Crippen molar-refractivity contribution in [1.29, 1.82) is 0 Å². The van der Waals surface area contributed by atoms with Gasteiger partial charge in [0, 0.05) is 25.6 Å². The summed E-state index contributed by atoms with van der Waals surface area (Å²) in [6.45, 7) is 0.121. The Morgan fingerprint density at radius 3 is 2.55 bits per heavy atom. The van der Waals surface area contributed by atoms with Crippen molar-refractivity contribution in [1.82, 2.24) is 5.32 Å². The number of benzene rings is 2. The number of anilines is 1. The highest BCUT2D eigenvalue weighted by molar-refractivity contribution is 7.91. The van der Waals surface area contributed by atoms with Crippen LogP contribution >= 0.6 is 0 Å². The van der Waals surface area contributed by atoms with Gasteiger partial charge in [0.2, 0.25) is 11.8 Å². The van der Waals surface area contributed by atoms with Crippen LogP contribution in [0.4, 0.5) is 14.5 Å². The predicted octanol–water partition coefficient (Wildman–Crippen LogP) is 2.30. The molecule has 2 aromatic carbocycles. The van der Waals surface area contributed by atoms with E-state index in [2.05, 4.69) is 5.32 Å². The lowest BCUT2D eigenvalue weighted by Gasteiger charge is -2.17. The molecule has 6 nitrogen and oxygen atoms in total. The van der Waals surface area contributed by atoms with Crippen LogP contribution < -0.4 is 10.2 Å². The van der Waals surface area contributed by atoms with Crippen molar-refractivity contribution in [3.8, 4) is 0 Å². The molecule has 2 amide bonds. The second-order valence-electron chi connectivity index (χ2n) is 6.78. The topological polar surface area (TPSA) is 83.5 Å². The summed E-state index contributed by atoms with van der Waals surface area (Å²) < 4.78 is 51.4. The minimum absolute atomic E-state index is 0.0183. The highest BCUT2D eigenvalue weighted by Gasteiger charge is 2.36. The number of nitrogens with one attached hydrogen (secondary N) is 1. The van der Waals surface area contributed by atoms with Crippen molar-refractivity contribution in [2.45, 2.75) is 17.7 Å². The number of hydrogen-bond donors (Lipinski definition) is 1. The fourth-order valence-electron chi connectivity index (χ4n) is 3.18. The van der Waals surface area contributed by atoms with Crippen LogP contribution in [0, 0.1) is 17.6 Å². The molecular weight excluding hydrogens is 402 g/mol. The maximum atomic E-state index is 13.9. The maximum Gasteiger partial charge on any atom is 0.227 e. The van der Waals surface area contributed by atoms with E-state index in [9.17, 15) is 26.8 Å². The first kappa shape index (κ1) is 20.9. The summed E-state index contributed by atoms with van der Waals surface area (Å²) in [4.78, 5) is 25.8. The van der Waals surface area contributed by atoms with Crippen LogP contribution in [0.3, 0.4) is 0 Å². The number of amides is 2. The molecule has 2 aromatic rings. The first-order valence-electron chi connectivity index (χ1n) is 9.09. The van der Waals surface area contributed by atoms with Crippen molar-refractivity contribution >= 4 is 27.3 Å². The fraction of sp³-hybridized carbons (Fsp3) is 0.300. The third-order valence-corrected chi connectivity index (χ3v) is 6.50. The average Bonchev–Trinajstić information content (AvgIpc) is 3.07. The predicted molar refractivity (Wildman–Crippen MR) is 103 cm³/mol. The summed E-state index contributed by atoms with van der Waals surface area (Å²) in [5, 5.41) is 2.63. The molecule has 1 aliphatic rings. The molecule has 0 spiro atoms. The van der Waals surface area contributed by atoms with Gasteiger partial charge in [0.1, 0.15) is 11.6 Å². The molecule has 1 atom stereocenters. The van der Waals surface area contributed by atoms with Crippen molar-refractivity contribution < 1.29 is 26.8 Å². The fourth-order valence-corrected chi connectivity index (χ4v) is 4.51. The van der Waals surface area contributed by atoms with Gasteiger partial charge in [0.25, 0.3) is 0 Å². The van der Waals surface area contributed by atoms with Gasteiger partial charge in [-0.15, -0.1) is 0 Å². The monoisotopic (exact) mass is 422 g/mol. The van der Waals surface area contributed by atoms with Gasteiger partial charge >= 0.3 is 0 Å². The van der Waals surface area contributed by atoms with Crippen molar-refractivity contribution in [3.63, 3.8) is 0 Å². The number of rotatable bonds is 7. The lowest BCUT2D eigenvalue weighted by atomic mass is 10.1. The Morgan fingerprint density at radius 2 is 1.86 bits per heavy atom. The Labute approximate surface area is 167 Å². The smallest absolute Gasteiger partial charge is 0.227 e. The number of halogens is 2. The Bertz CT molecular complexity index is 1010. The second kappa shape index (κ2) is 8.69. The maximum absolute atomic E-state index is 13.9. The first-order chi connectivity index (χ1) is 13.8. The molecule has 1 saturated heterocycles. The summed E-state index contributed by atoms with van der Waals surface area (Å²) in [7, 11) is -3.43. The third kappa shape index (κ3) is 4.97. The van der Waals surface area contributed by atoms with Crippen molar-refractivity contribution in [2.75, 3.05) is 23.7 Å². The van der Waals surface area contributed by atoms with Crippen LogP contribution in [0.25, 0.3) is 0 Å². The number of hydrogen-bond acceptors (Lipinski definition) is 4. The Hall–Kier alpha value is -2.81. The zero-order valence-corrected chi connectivity index (χ0v) is 16.3. The van der Waals surface area contributed by atoms with Gasteiger partial charge < -0.3 is 10.2 Å². The van der Waals surface area contributed by atoms with Gasteiger partial charge in [-0.1, -0.05) is 18.2 Å². The Morgan fingerprint density at radius 1 is 1.14 bits per heavy atom. The van der Waals surface area contributed by atoms with E-state index in [4.69, 9.17) is 0 Å². The number of carbonyl (C=O) groups excluding carboxylic acids is 2. The average molecular weight is 422 g/mol. The first-order valence-corrected chi connectivity index (χ1v) is 10.7. The highest BCUT2D eigenvalue weighted by atomic mass is 32.2. The molecule has 29 heavy (non-hydrogen) atoms. The number of carbonyl (C=O) groups is 2. The minimum atomic E-state index is -3.43. The van der Waals surface area contributed by atoms with Crippen LogP contribution in [0.1, 0.15) is 12.8 Å². The van der Waals surface area contributed by atoms with E-state index in [1.165, 1.54) is 12.1 Å². The van der Waals surface area contributed by atoms with Crippen molar-refractivity contribution in [3.05, 3.63) is 60.2 Å². The summed E-state index contributed by atoms with van der Waals surface area (Å²) >= 11 is 0. The molecule has 9 heteroatoms. The molecule has 1 N–H and O–H groups in total. The van der Waals surface area contributed by atoms with Gasteiger partial charge in [-0.05, 0) is 30.7 Å². The summed E-state index contributed by atoms with van der Waals surface area (Å²) in [5.74, 6) is -3.25. The molecule has 0 bridgehead atoms. The third-order valence-electron chi connectivity index (χ3n) is 4.69. The minimum Gasteiger partial charge on any atom is -0.356 e. The van der Waals surface area contributed by atoms with Gasteiger partial charge in [-0.2, -0.15) is 0 Å². The van der Waals surface area contributed by atoms with E-state index in [0.29, 0.717) is 6.07 Å². The van der Waals surface area contributed by atoms with Crippen LogP contribution in [0.2, 0.25) is 0 Å². The van der Waals surface area contributed by atoms with Gasteiger partial charge in [-0.3, -0.25) is 9.59 Å². The Kier molecular flexibility index (Phi) is 6.26. The lowest BCUT2D eigenvalue weighted by molar-refractivity contribution is -0.126. The number of sulfone groups is 1. The summed E-state index contributed by atoms with van der Waals surface area (Å²) in [6, 6.07) is 10.9. The van der Waals surface area contributed by atoms with E-state index in [0.717, 1.165) is 17.0 Å². The van der Waals surface area contributed by atoms with E-state index in [1.807, 2.05) is 0 Å². The summed E-state index contributed by atoms with van der Waals surface area (Å²) in [6.07, 6.45) is 0.130. The molecule has 0 aromatic heterocycles. The Balaban J connectivity index is 1.51. The van der Waals surface area contributed by atoms with Crippen LogP contribution in [-0.2, 0) is 19.4 Å². The molecule has 3 rings (SSSR count). The normalized spacial score (nSPS) is 16.8. The van der Waals surface area contributed by atoms with Crippen molar-refractivity contribution in [2.24, 2.45) is 5.92 Å². The second-order valence-corrected chi connectivity index (χ2v) is 8.89. The standard InChI is InChI=1S/C20H20F2N2O4S/c21-15-7-8-18(17(22)12-15)24-13-14(11-19(24)25)20(26)23-9-4-10-29(27,28)16-5-2-1-3-6-16/h1-3,5-8,12,14H,4,9-11,13H2,(H,23,26). The van der Waals surface area contributed by atoms with Gasteiger partial charge in [-0.25, -0.2) is 17.2 Å². The van der Waals surface area contributed by atoms with Crippen LogP contribution in [-0.4, -0.2) is 39.1 Å². The van der Waals surface area contributed by atoms with E-state index in [-0.39, 0.29) is 42.3 Å². The van der Waals surface area contributed by atoms with Gasteiger partial charge in [0.15, 0.2) is 9.84 Å². The molecule has 1 unspecified atom stereocenters. The largest absolute Gasteiger partial charge is 0.356 e. The van der Waals surface area contributed by atoms with E-state index in [1.54, 1.807) is 18.2 Å². The lowest BCUT2D eigenvalue weighted by Crippen LogP contribution is -2.34. The molecular formula is C20H20F2N2O4S. The number of nitrogens with zero attached hydrogens (tertiary/aromatic N) is 1. The quantitative estimate of drug-likeness (QED) is 0.694.